The fourth-order valence-electron chi connectivity index (χ4n) is 1.91. The van der Waals surface area contributed by atoms with Crippen LogP contribution in [0.3, 0.4) is 0 Å². The third-order valence-corrected chi connectivity index (χ3v) is 4.62. The summed E-state index contributed by atoms with van der Waals surface area (Å²) in [6.45, 7) is 1.41. The molecule has 0 atom stereocenters. The lowest BCUT2D eigenvalue weighted by Crippen LogP contribution is -2.01. The summed E-state index contributed by atoms with van der Waals surface area (Å²) in [7, 11) is -4.52. The van der Waals surface area contributed by atoms with Gasteiger partial charge in [-0.05, 0) is 30.7 Å². The molecule has 26 heavy (non-hydrogen) atoms. The molecular weight excluding hydrogens is 410 g/mol. The van der Waals surface area contributed by atoms with Gasteiger partial charge in [0.05, 0.1) is 14.8 Å². The maximum absolute atomic E-state index is 11.4. The molecule has 0 saturated heterocycles. The second-order valence-electron chi connectivity index (χ2n) is 4.81. The summed E-state index contributed by atoms with van der Waals surface area (Å²) in [5, 5.41) is 18.2. The molecule has 0 spiro atoms. The molecule has 0 amide bonds. The third-order valence-electron chi connectivity index (χ3n) is 3.07. The largest absolute Gasteiger partial charge is 0.398 e. The predicted molar refractivity (Wildman–Crippen MR) is 94.1 cm³/mol. The number of halogens is 1. The zero-order valence-corrected chi connectivity index (χ0v) is 15.2. The normalized spacial score (nSPS) is 11.7. The van der Waals surface area contributed by atoms with E-state index in [0.717, 1.165) is 12.1 Å². The predicted octanol–water partition coefficient (Wildman–Crippen LogP) is 4.72. The van der Waals surface area contributed by atoms with E-state index in [0.29, 0.717) is 0 Å². The SMILES string of the molecule is Cc1cc(OSO)c(N=Nc2ccc([N+](=O)[O-])cc2Cl)cc1S(=O)(=O)O. The topological polar surface area (TPSA) is 152 Å². The second kappa shape index (κ2) is 7.97. The Morgan fingerprint density at radius 3 is 2.42 bits per heavy atom. The zero-order valence-electron chi connectivity index (χ0n) is 12.9. The first-order chi connectivity index (χ1) is 12.1. The van der Waals surface area contributed by atoms with Crippen LogP contribution >= 0.6 is 23.9 Å². The maximum Gasteiger partial charge on any atom is 0.294 e. The Balaban J connectivity index is 2.50. The Hall–Kier alpha value is -2.25. The van der Waals surface area contributed by atoms with Crippen LogP contribution in [0.1, 0.15) is 5.56 Å². The molecule has 0 aliphatic heterocycles. The minimum absolute atomic E-state index is 0.00628. The van der Waals surface area contributed by atoms with E-state index in [1.54, 1.807) is 0 Å². The molecule has 2 N–H and O–H groups in total. The van der Waals surface area contributed by atoms with Crippen molar-refractivity contribution < 1.29 is 26.6 Å². The minimum atomic E-state index is -4.52. The Kier molecular flexibility index (Phi) is 6.15. The summed E-state index contributed by atoms with van der Waals surface area (Å²) in [6, 6.07) is 5.73. The van der Waals surface area contributed by atoms with Crippen molar-refractivity contribution in [1.29, 1.82) is 0 Å². The standard InChI is InChI=1S/C13H10ClN3O7S2/c1-7-4-12(24-25-20)11(6-13(7)26(21,22)23)16-15-10-3-2-8(17(18)19)5-9(10)14/h2-6,20H,1H3,(H,21,22,23). The molecule has 0 aliphatic carbocycles. The highest BCUT2D eigenvalue weighted by molar-refractivity contribution is 7.89. The van der Waals surface area contributed by atoms with E-state index in [1.165, 1.54) is 25.1 Å². The summed E-state index contributed by atoms with van der Waals surface area (Å²) >= 11 is 5.91. The van der Waals surface area contributed by atoms with Crippen molar-refractivity contribution in [3.8, 4) is 5.75 Å². The number of nitrogens with zero attached hydrogens (tertiary/aromatic N) is 3. The van der Waals surface area contributed by atoms with Gasteiger partial charge in [-0.2, -0.15) is 8.42 Å². The summed E-state index contributed by atoms with van der Waals surface area (Å²) in [6.07, 6.45) is 0. The van der Waals surface area contributed by atoms with E-state index in [4.69, 9.17) is 20.3 Å². The van der Waals surface area contributed by atoms with Crippen molar-refractivity contribution in [2.75, 3.05) is 0 Å². The minimum Gasteiger partial charge on any atom is -0.398 e. The smallest absolute Gasteiger partial charge is 0.294 e. The zero-order chi connectivity index (χ0) is 19.5. The van der Waals surface area contributed by atoms with E-state index < -0.39 is 19.9 Å². The summed E-state index contributed by atoms with van der Waals surface area (Å²) in [5.74, 6) is -0.0239. The number of hydrogen-bond donors (Lipinski definition) is 2. The van der Waals surface area contributed by atoms with Crippen molar-refractivity contribution in [3.05, 3.63) is 51.0 Å². The number of non-ortho nitro benzene ring substituents is 1. The average Bonchev–Trinajstić information content (AvgIpc) is 2.54. The number of rotatable bonds is 6. The Labute approximate surface area is 156 Å². The van der Waals surface area contributed by atoms with E-state index in [9.17, 15) is 23.1 Å². The number of azo groups is 1. The third kappa shape index (κ3) is 4.68. The van der Waals surface area contributed by atoms with Crippen molar-refractivity contribution in [3.63, 3.8) is 0 Å². The van der Waals surface area contributed by atoms with Gasteiger partial charge in [0.2, 0.25) is 12.3 Å². The lowest BCUT2D eigenvalue weighted by Gasteiger charge is -2.08. The highest BCUT2D eigenvalue weighted by atomic mass is 35.5. The Bertz CT molecular complexity index is 995. The van der Waals surface area contributed by atoms with Crippen molar-refractivity contribution in [2.24, 2.45) is 10.2 Å². The molecule has 2 aromatic carbocycles. The monoisotopic (exact) mass is 419 g/mol. The molecule has 10 nitrogen and oxygen atoms in total. The van der Waals surface area contributed by atoms with Gasteiger partial charge >= 0.3 is 0 Å². The Morgan fingerprint density at radius 1 is 1.23 bits per heavy atom. The molecule has 13 heteroatoms. The molecule has 0 unspecified atom stereocenters. The van der Waals surface area contributed by atoms with Gasteiger partial charge in [-0.1, -0.05) is 11.6 Å². The molecule has 138 valence electrons. The van der Waals surface area contributed by atoms with Gasteiger partial charge in [0, 0.05) is 12.1 Å². The number of nitro benzene ring substituents is 1. The summed E-state index contributed by atoms with van der Waals surface area (Å²) < 4.78 is 45.8. The lowest BCUT2D eigenvalue weighted by atomic mass is 10.2. The van der Waals surface area contributed by atoms with Crippen molar-refractivity contribution in [2.45, 2.75) is 11.8 Å². The lowest BCUT2D eigenvalue weighted by molar-refractivity contribution is -0.384. The van der Waals surface area contributed by atoms with Crippen LogP contribution in [0.4, 0.5) is 17.1 Å². The fourth-order valence-corrected chi connectivity index (χ4v) is 3.06. The number of hydrogen-bond acceptors (Lipinski definition) is 9. The molecule has 2 aromatic rings. The van der Waals surface area contributed by atoms with E-state index in [2.05, 4.69) is 10.2 Å². The van der Waals surface area contributed by atoms with Gasteiger partial charge in [0.15, 0.2) is 5.75 Å². The number of aryl methyl sites for hydroxylation is 1. The molecule has 0 saturated carbocycles. The van der Waals surface area contributed by atoms with E-state index in [1.807, 2.05) is 0 Å². The first-order valence-electron chi connectivity index (χ1n) is 6.59. The quantitative estimate of drug-likeness (QED) is 0.224. The highest BCUT2D eigenvalue weighted by Gasteiger charge is 2.18. The van der Waals surface area contributed by atoms with Crippen LogP contribution < -0.4 is 4.18 Å². The van der Waals surface area contributed by atoms with Gasteiger partial charge in [-0.15, -0.1) is 10.2 Å². The number of nitro groups is 1. The van der Waals surface area contributed by atoms with Crippen molar-refractivity contribution >= 4 is 51.1 Å². The summed E-state index contributed by atoms with van der Waals surface area (Å²) in [4.78, 5) is 9.64. The first-order valence-corrected chi connectivity index (χ1v) is 9.11. The van der Waals surface area contributed by atoms with Gasteiger partial charge in [-0.3, -0.25) is 19.2 Å². The van der Waals surface area contributed by atoms with E-state index >= 15 is 0 Å². The molecule has 0 radical (unpaired) electrons. The first kappa shape index (κ1) is 20.1. The van der Waals surface area contributed by atoms with Crippen LogP contribution in [0.5, 0.6) is 5.75 Å². The molecular formula is C13H10ClN3O7S2. The Morgan fingerprint density at radius 2 is 1.88 bits per heavy atom. The maximum atomic E-state index is 11.4. The van der Waals surface area contributed by atoms with Crippen LogP contribution in [-0.4, -0.2) is 22.4 Å². The second-order valence-corrected chi connectivity index (χ2v) is 6.92. The van der Waals surface area contributed by atoms with Crippen LogP contribution in [0.2, 0.25) is 5.02 Å². The van der Waals surface area contributed by atoms with Crippen LogP contribution in [0.25, 0.3) is 0 Å². The molecule has 0 aliphatic rings. The van der Waals surface area contributed by atoms with Crippen molar-refractivity contribution in [1.82, 2.24) is 0 Å². The van der Waals surface area contributed by atoms with Gasteiger partial charge < -0.3 is 4.18 Å². The highest BCUT2D eigenvalue weighted by Crippen LogP contribution is 2.37. The molecule has 0 aromatic heterocycles. The average molecular weight is 420 g/mol. The summed E-state index contributed by atoms with van der Waals surface area (Å²) in [5.41, 5.74) is -0.129. The van der Waals surface area contributed by atoms with Crippen LogP contribution in [0, 0.1) is 17.0 Å². The molecule has 0 fully saturated rings. The molecule has 0 bridgehead atoms. The van der Waals surface area contributed by atoms with Gasteiger partial charge in [0.1, 0.15) is 11.4 Å². The van der Waals surface area contributed by atoms with Crippen LogP contribution in [0.15, 0.2) is 45.5 Å². The van der Waals surface area contributed by atoms with Gasteiger partial charge in [0.25, 0.3) is 15.8 Å². The van der Waals surface area contributed by atoms with Crippen LogP contribution in [-0.2, 0) is 10.1 Å². The van der Waals surface area contributed by atoms with E-state index in [-0.39, 0.29) is 45.7 Å². The molecule has 0 heterocycles. The number of benzene rings is 2. The van der Waals surface area contributed by atoms with Gasteiger partial charge in [-0.25, -0.2) is 0 Å². The molecule has 2 rings (SSSR count). The fraction of sp³-hybridized carbons (Fsp3) is 0.0769.